The Balaban J connectivity index is 0.000000317. The minimum absolute atomic E-state index is 0.0777. The Bertz CT molecular complexity index is 1050. The number of aliphatic carboxylic acids is 2. The van der Waals surface area contributed by atoms with Gasteiger partial charge in [-0.15, -0.1) is 0 Å². The van der Waals surface area contributed by atoms with Crippen molar-refractivity contribution in [1.29, 1.82) is 0 Å². The molecule has 39 heavy (non-hydrogen) atoms. The summed E-state index contributed by atoms with van der Waals surface area (Å²) in [6, 6.07) is 5.74. The van der Waals surface area contributed by atoms with Gasteiger partial charge in [-0.25, -0.2) is 14.6 Å². The van der Waals surface area contributed by atoms with Crippen molar-refractivity contribution in [3.8, 4) is 5.88 Å². The van der Waals surface area contributed by atoms with Gasteiger partial charge in [0.15, 0.2) is 0 Å². The number of halogens is 6. The number of hydrogen-bond acceptors (Lipinski definition) is 8. The van der Waals surface area contributed by atoms with Crippen molar-refractivity contribution < 1.29 is 60.1 Å². The summed E-state index contributed by atoms with van der Waals surface area (Å²) >= 11 is 0. The predicted octanol–water partition coefficient (Wildman–Crippen LogP) is 4.16. The average molecular weight is 571 g/mol. The first kappa shape index (κ1) is 31.8. The summed E-state index contributed by atoms with van der Waals surface area (Å²) in [5.41, 5.74) is 2.09. The number of nitrogens with zero attached hydrogens (tertiary/aromatic N) is 3. The largest absolute Gasteiger partial charge is 0.490 e. The van der Waals surface area contributed by atoms with Gasteiger partial charge in [0.1, 0.15) is 11.9 Å². The van der Waals surface area contributed by atoms with E-state index in [2.05, 4.69) is 15.0 Å². The highest BCUT2D eigenvalue weighted by Gasteiger charge is 2.44. The number of carboxylic acids is 2. The van der Waals surface area contributed by atoms with Crippen molar-refractivity contribution in [2.24, 2.45) is 0 Å². The number of alkyl halides is 6. The second-order valence-corrected chi connectivity index (χ2v) is 8.83. The summed E-state index contributed by atoms with van der Waals surface area (Å²) in [5, 5.41) is 18.3. The van der Waals surface area contributed by atoms with Crippen LogP contribution in [0.3, 0.4) is 0 Å². The zero-order chi connectivity index (χ0) is 29.4. The van der Waals surface area contributed by atoms with E-state index < -0.39 is 24.3 Å². The highest BCUT2D eigenvalue weighted by Crippen LogP contribution is 2.36. The van der Waals surface area contributed by atoms with Gasteiger partial charge in [-0.3, -0.25) is 4.90 Å². The molecule has 2 atom stereocenters. The van der Waals surface area contributed by atoms with Crippen molar-refractivity contribution in [3.05, 3.63) is 41.4 Å². The minimum atomic E-state index is -5.08. The monoisotopic (exact) mass is 571 g/mol. The number of hydrogen-bond donors (Lipinski definition) is 2. The third-order valence-corrected chi connectivity index (χ3v) is 5.77. The highest BCUT2D eigenvalue weighted by molar-refractivity contribution is 5.73. The molecule has 16 heteroatoms. The van der Waals surface area contributed by atoms with Gasteiger partial charge in [-0.05, 0) is 39.3 Å². The van der Waals surface area contributed by atoms with Crippen LogP contribution in [0.1, 0.15) is 36.3 Å². The number of likely N-dealkylation sites (tertiary alicyclic amines) is 1. The fraction of sp³-hybridized carbons (Fsp3) is 0.565. The second-order valence-electron chi connectivity index (χ2n) is 8.83. The molecule has 10 nitrogen and oxygen atoms in total. The SMILES string of the molecule is Cc1noc(C)c1CN1CCC[C@]2(C[C@H](Oc3ccccn3)CO2)C1.O=C(O)C(F)(F)F.O=C(O)C(F)(F)F. The Morgan fingerprint density at radius 1 is 1.13 bits per heavy atom. The summed E-state index contributed by atoms with van der Waals surface area (Å²) in [6.07, 6.45) is -5.18. The highest BCUT2D eigenvalue weighted by atomic mass is 19.4. The number of aryl methyl sites for hydroxylation is 2. The van der Waals surface area contributed by atoms with Crippen LogP contribution in [-0.2, 0) is 20.9 Å². The molecule has 2 fully saturated rings. The lowest BCUT2D eigenvalue weighted by Crippen LogP contribution is -2.47. The van der Waals surface area contributed by atoms with Crippen LogP contribution >= 0.6 is 0 Å². The van der Waals surface area contributed by atoms with E-state index >= 15 is 0 Å². The van der Waals surface area contributed by atoms with E-state index in [4.69, 9.17) is 33.8 Å². The zero-order valence-electron chi connectivity index (χ0n) is 20.9. The summed E-state index contributed by atoms with van der Waals surface area (Å²) in [4.78, 5) is 24.5. The van der Waals surface area contributed by atoms with E-state index in [0.29, 0.717) is 12.5 Å². The lowest BCUT2D eigenvalue weighted by molar-refractivity contribution is -0.193. The van der Waals surface area contributed by atoms with Crippen LogP contribution in [0, 0.1) is 13.8 Å². The molecule has 0 saturated carbocycles. The summed E-state index contributed by atoms with van der Waals surface area (Å²) in [5.74, 6) is -3.92. The van der Waals surface area contributed by atoms with Gasteiger partial charge in [0.25, 0.3) is 0 Å². The maximum absolute atomic E-state index is 10.6. The topological polar surface area (TPSA) is 135 Å². The molecule has 218 valence electrons. The Labute approximate surface area is 218 Å². The molecule has 4 rings (SSSR count). The van der Waals surface area contributed by atoms with Crippen molar-refractivity contribution in [3.63, 3.8) is 0 Å². The molecule has 4 heterocycles. The maximum atomic E-state index is 10.6. The second kappa shape index (κ2) is 13.1. The molecule has 1 spiro atoms. The first-order valence-electron chi connectivity index (χ1n) is 11.5. The Morgan fingerprint density at radius 3 is 2.23 bits per heavy atom. The van der Waals surface area contributed by atoms with Crippen LogP contribution in [0.5, 0.6) is 5.88 Å². The average Bonchev–Trinajstić information content (AvgIpc) is 3.36. The normalized spacial score (nSPS) is 21.4. The molecule has 0 aromatic carbocycles. The Hall–Kier alpha value is -3.40. The van der Waals surface area contributed by atoms with E-state index in [1.165, 1.54) is 5.56 Å². The first-order chi connectivity index (χ1) is 18.0. The molecule has 2 N–H and O–H groups in total. The van der Waals surface area contributed by atoms with Gasteiger partial charge in [0.2, 0.25) is 5.88 Å². The molecule has 2 aliphatic heterocycles. The van der Waals surface area contributed by atoms with Gasteiger partial charge < -0.3 is 24.2 Å². The molecule has 0 amide bonds. The Morgan fingerprint density at radius 2 is 1.74 bits per heavy atom. The number of rotatable bonds is 4. The van der Waals surface area contributed by atoms with E-state index in [9.17, 15) is 26.3 Å². The molecule has 0 radical (unpaired) electrons. The lowest BCUT2D eigenvalue weighted by Gasteiger charge is -2.39. The van der Waals surface area contributed by atoms with E-state index in [-0.39, 0.29) is 11.7 Å². The summed E-state index contributed by atoms with van der Waals surface area (Å²) in [6.45, 7) is 7.51. The zero-order valence-corrected chi connectivity index (χ0v) is 20.9. The third-order valence-electron chi connectivity index (χ3n) is 5.77. The predicted molar refractivity (Wildman–Crippen MR) is 120 cm³/mol. The van der Waals surface area contributed by atoms with Gasteiger partial charge in [0, 0.05) is 37.3 Å². The third kappa shape index (κ3) is 10.0. The smallest absolute Gasteiger partial charge is 0.475 e. The number of piperidine rings is 1. The standard InChI is InChI=1S/C19H25N3O3.2C2HF3O2/c1-14-17(15(2)25-21-14)11-22-9-5-7-19(13-22)10-16(12-23-19)24-18-6-3-4-8-20-18;2*3-2(4,5)1(6)7/h3-4,6,8,16H,5,7,9-13H2,1-2H3;2*(H,6,7)/t16-,19-;;/m0../s1. The number of aromatic nitrogens is 2. The molecular formula is C23H27F6N3O7. The minimum Gasteiger partial charge on any atom is -0.475 e. The van der Waals surface area contributed by atoms with Crippen molar-refractivity contribution in [1.82, 2.24) is 15.0 Å². The van der Waals surface area contributed by atoms with Crippen LogP contribution in [0.4, 0.5) is 26.3 Å². The lowest BCUT2D eigenvalue weighted by atomic mass is 9.89. The number of carboxylic acid groups (broad SMARTS) is 2. The van der Waals surface area contributed by atoms with Crippen LogP contribution in [0.2, 0.25) is 0 Å². The van der Waals surface area contributed by atoms with Crippen molar-refractivity contribution in [2.75, 3.05) is 19.7 Å². The van der Waals surface area contributed by atoms with Gasteiger partial charge in [0.05, 0.1) is 17.9 Å². The van der Waals surface area contributed by atoms with Crippen LogP contribution in [0.15, 0.2) is 28.9 Å². The molecule has 0 bridgehead atoms. The van der Waals surface area contributed by atoms with E-state index in [0.717, 1.165) is 50.4 Å². The molecule has 0 unspecified atom stereocenters. The Kier molecular flexibility index (Phi) is 10.7. The van der Waals surface area contributed by atoms with Crippen LogP contribution in [-0.4, -0.2) is 80.9 Å². The molecule has 0 aliphatic carbocycles. The molecular weight excluding hydrogens is 544 g/mol. The maximum Gasteiger partial charge on any atom is 0.490 e. The molecule has 2 aromatic rings. The number of pyridine rings is 1. The van der Waals surface area contributed by atoms with E-state index in [1.54, 1.807) is 6.20 Å². The van der Waals surface area contributed by atoms with Crippen LogP contribution in [0.25, 0.3) is 0 Å². The quantitative estimate of drug-likeness (QED) is 0.515. The molecule has 2 aliphatic rings. The molecule has 2 aromatic heterocycles. The van der Waals surface area contributed by atoms with E-state index in [1.807, 2.05) is 32.0 Å². The fourth-order valence-electron chi connectivity index (χ4n) is 4.03. The summed E-state index contributed by atoms with van der Waals surface area (Å²) < 4.78 is 81.0. The van der Waals surface area contributed by atoms with Crippen LogP contribution < -0.4 is 4.74 Å². The van der Waals surface area contributed by atoms with Crippen molar-refractivity contribution in [2.45, 2.75) is 63.7 Å². The first-order valence-corrected chi connectivity index (χ1v) is 11.5. The summed E-state index contributed by atoms with van der Waals surface area (Å²) in [7, 11) is 0. The van der Waals surface area contributed by atoms with Gasteiger partial charge in [-0.1, -0.05) is 11.2 Å². The number of ether oxygens (including phenoxy) is 2. The number of carbonyl (C=O) groups is 2. The van der Waals surface area contributed by atoms with Crippen molar-refractivity contribution >= 4 is 11.9 Å². The fourth-order valence-corrected chi connectivity index (χ4v) is 4.03. The molecule has 2 saturated heterocycles. The van der Waals surface area contributed by atoms with Gasteiger partial charge >= 0.3 is 24.3 Å². The van der Waals surface area contributed by atoms with Gasteiger partial charge in [-0.2, -0.15) is 26.3 Å².